The molecule has 1 aliphatic carbocycles. The molecule has 3 heterocycles. The second kappa shape index (κ2) is 10.2. The Balaban J connectivity index is 1.34. The Morgan fingerprint density at radius 3 is 2.54 bits per heavy atom. The summed E-state index contributed by atoms with van der Waals surface area (Å²) in [5, 5.41) is 2.12. The van der Waals surface area contributed by atoms with E-state index in [2.05, 4.69) is 17.1 Å². The molecule has 0 saturated carbocycles. The molecule has 3 aromatic rings. The minimum absolute atomic E-state index is 0.0473. The van der Waals surface area contributed by atoms with Gasteiger partial charge in [-0.25, -0.2) is 9.18 Å². The first-order valence-electron chi connectivity index (χ1n) is 12.7. The number of hydrogen-bond acceptors (Lipinski definition) is 4. The van der Waals surface area contributed by atoms with Crippen molar-refractivity contribution in [3.05, 3.63) is 81.7 Å². The molecule has 1 fully saturated rings. The Hall–Kier alpha value is -3.29. The lowest BCUT2D eigenvalue weighted by molar-refractivity contribution is 0.0255. The average Bonchev–Trinajstić information content (AvgIpc) is 3.28. The van der Waals surface area contributed by atoms with Crippen LogP contribution >= 0.6 is 11.6 Å². The second-order valence-corrected chi connectivity index (χ2v) is 10.2. The monoisotopic (exact) mass is 522 g/mol. The molecule has 2 unspecified atom stereocenters. The lowest BCUT2D eigenvalue weighted by Gasteiger charge is -2.35. The number of aromatic nitrogens is 1. The van der Waals surface area contributed by atoms with E-state index in [1.165, 1.54) is 29.8 Å². The summed E-state index contributed by atoms with van der Waals surface area (Å²) in [7, 11) is 0. The lowest BCUT2D eigenvalue weighted by atomic mass is 9.92. The highest BCUT2D eigenvalue weighted by atomic mass is 35.5. The topological polar surface area (TPSA) is 63.8 Å². The number of nitrogens with one attached hydrogen (secondary N) is 1. The number of aromatic amines is 1. The van der Waals surface area contributed by atoms with Gasteiger partial charge in [0.15, 0.2) is 0 Å². The van der Waals surface area contributed by atoms with Crippen molar-refractivity contribution in [3.63, 3.8) is 0 Å². The van der Waals surface area contributed by atoms with E-state index in [9.17, 15) is 9.18 Å². The lowest BCUT2D eigenvalue weighted by Crippen LogP contribution is -2.43. The van der Waals surface area contributed by atoms with Gasteiger partial charge in [-0.2, -0.15) is 0 Å². The van der Waals surface area contributed by atoms with E-state index < -0.39 is 6.09 Å². The summed E-state index contributed by atoms with van der Waals surface area (Å²) in [5.41, 5.74) is 3.08. The molecule has 0 spiro atoms. The Morgan fingerprint density at radius 1 is 1.05 bits per heavy atom. The van der Waals surface area contributed by atoms with Gasteiger partial charge in [-0.05, 0) is 60.4 Å². The van der Waals surface area contributed by atoms with Crippen LogP contribution in [0.2, 0.25) is 0 Å². The third-order valence-electron chi connectivity index (χ3n) is 7.21. The van der Waals surface area contributed by atoms with E-state index in [-0.39, 0.29) is 23.3 Å². The van der Waals surface area contributed by atoms with E-state index in [0.717, 1.165) is 46.8 Å². The third kappa shape index (κ3) is 4.98. The van der Waals surface area contributed by atoms with E-state index >= 15 is 0 Å². The van der Waals surface area contributed by atoms with Gasteiger partial charge in [0, 0.05) is 35.6 Å². The van der Waals surface area contributed by atoms with Gasteiger partial charge < -0.3 is 19.2 Å². The van der Waals surface area contributed by atoms with Crippen LogP contribution < -0.4 is 20.0 Å². The number of H-pyrrole nitrogens is 1. The van der Waals surface area contributed by atoms with E-state index in [4.69, 9.17) is 25.8 Å². The van der Waals surface area contributed by atoms with Crippen molar-refractivity contribution >= 4 is 29.8 Å². The van der Waals surface area contributed by atoms with Crippen molar-refractivity contribution in [2.24, 2.45) is 0 Å². The number of benzene rings is 2. The highest BCUT2D eigenvalue weighted by molar-refractivity contribution is 6.24. The maximum atomic E-state index is 13.4. The van der Waals surface area contributed by atoms with Crippen LogP contribution in [0.4, 0.5) is 9.18 Å². The number of rotatable bonds is 4. The molecule has 6 rings (SSSR count). The van der Waals surface area contributed by atoms with Gasteiger partial charge in [0.25, 0.3) is 0 Å². The Labute approximate surface area is 219 Å². The zero-order valence-corrected chi connectivity index (χ0v) is 21.0. The van der Waals surface area contributed by atoms with Crippen molar-refractivity contribution < 1.29 is 23.4 Å². The average molecular weight is 523 g/mol. The molecule has 2 atom stereocenters. The number of alkyl halides is 1. The first kappa shape index (κ1) is 24.1. The Kier molecular flexibility index (Phi) is 6.65. The maximum Gasteiger partial charge on any atom is 0.416 e. The summed E-state index contributed by atoms with van der Waals surface area (Å²) < 4.78 is 30.6. The molecule has 1 aromatic heterocycles. The van der Waals surface area contributed by atoms with Crippen LogP contribution in [0.15, 0.2) is 48.5 Å². The van der Waals surface area contributed by atoms with Gasteiger partial charge in [0.05, 0.1) is 18.6 Å². The molecule has 1 saturated heterocycles. The Morgan fingerprint density at radius 2 is 1.78 bits per heavy atom. The van der Waals surface area contributed by atoms with Crippen LogP contribution in [0, 0.1) is 5.82 Å². The molecule has 6 nitrogen and oxygen atoms in total. The van der Waals surface area contributed by atoms with Gasteiger partial charge in [0.2, 0.25) is 0 Å². The minimum Gasteiger partial charge on any atom is -0.490 e. The molecular formula is C29H28ClFN2O4. The fourth-order valence-electron chi connectivity index (χ4n) is 5.37. The smallest absolute Gasteiger partial charge is 0.416 e. The highest BCUT2D eigenvalue weighted by Crippen LogP contribution is 2.34. The fraction of sp³-hybridized carbons (Fsp3) is 0.345. The van der Waals surface area contributed by atoms with E-state index in [1.54, 1.807) is 4.90 Å². The number of hydrogen-bond donors (Lipinski definition) is 1. The standard InChI is InChI=1S/C29H28ClFN2O4/c30-19-3-10-26-25(17-19)24-11-14-33(29(34)37-22-8-4-20(31)5-9-22)28(27(24)32-26)18-1-6-21(7-2-18)36-23-12-15-35-16-13-23/h1-2,4-10,17,19,23,28,32H,3,11-16H2. The predicted molar refractivity (Wildman–Crippen MR) is 139 cm³/mol. The molecular weight excluding hydrogens is 495 g/mol. The second-order valence-electron chi connectivity index (χ2n) is 9.63. The highest BCUT2D eigenvalue weighted by Gasteiger charge is 2.35. The summed E-state index contributed by atoms with van der Waals surface area (Å²) in [6, 6.07) is 13.0. The molecule has 0 bridgehead atoms. The molecule has 37 heavy (non-hydrogen) atoms. The molecule has 1 N–H and O–H groups in total. The first-order valence-corrected chi connectivity index (χ1v) is 13.1. The van der Waals surface area contributed by atoms with Gasteiger partial charge >= 0.3 is 6.09 Å². The molecule has 2 aromatic carbocycles. The van der Waals surface area contributed by atoms with Crippen molar-refractivity contribution in [2.45, 2.75) is 43.2 Å². The zero-order chi connectivity index (χ0) is 25.4. The van der Waals surface area contributed by atoms with Gasteiger partial charge in [0.1, 0.15) is 29.5 Å². The molecule has 3 aliphatic rings. The number of ether oxygens (including phenoxy) is 3. The molecule has 2 aliphatic heterocycles. The molecule has 1 amide bonds. The number of fused-ring (bicyclic) bond motifs is 3. The summed E-state index contributed by atoms with van der Waals surface area (Å²) in [6.07, 6.45) is 7.06. The first-order chi connectivity index (χ1) is 18.0. The summed E-state index contributed by atoms with van der Waals surface area (Å²) in [6.45, 7) is 1.91. The number of nitrogens with zero attached hydrogens (tertiary/aromatic N) is 1. The molecule has 8 heteroatoms. The minimum atomic E-state index is -0.486. The molecule has 192 valence electrons. The van der Waals surface area contributed by atoms with Crippen LogP contribution in [0.5, 0.6) is 11.5 Å². The van der Waals surface area contributed by atoms with Crippen LogP contribution in [-0.4, -0.2) is 47.2 Å². The number of amides is 1. The third-order valence-corrected chi connectivity index (χ3v) is 7.52. The van der Waals surface area contributed by atoms with E-state index in [1.807, 2.05) is 24.3 Å². The van der Waals surface area contributed by atoms with Crippen molar-refractivity contribution in [2.75, 3.05) is 19.8 Å². The fourth-order valence-corrected chi connectivity index (χ4v) is 5.58. The molecule has 0 radical (unpaired) electrons. The summed E-state index contributed by atoms with van der Waals surface area (Å²) in [5.74, 6) is 0.712. The summed E-state index contributed by atoms with van der Waals surface area (Å²) in [4.78, 5) is 18.7. The van der Waals surface area contributed by atoms with E-state index in [0.29, 0.717) is 31.9 Å². The normalized spacial score (nSPS) is 21.3. The van der Waals surface area contributed by atoms with Crippen molar-refractivity contribution in [3.8, 4) is 11.5 Å². The van der Waals surface area contributed by atoms with Gasteiger partial charge in [-0.3, -0.25) is 4.90 Å². The van der Waals surface area contributed by atoms with Crippen LogP contribution in [-0.2, 0) is 11.2 Å². The van der Waals surface area contributed by atoms with Crippen LogP contribution in [0.25, 0.3) is 12.2 Å². The number of halogens is 2. The quantitative estimate of drug-likeness (QED) is 0.515. The van der Waals surface area contributed by atoms with Crippen molar-refractivity contribution in [1.29, 1.82) is 0 Å². The number of carbonyl (C=O) groups is 1. The SMILES string of the molecule is O=C(Oc1ccc(F)cc1)N1CCc2c([nH]c3c2=CC(Cl)CC=3)C1c1ccc(OC2CCOCC2)cc1. The van der Waals surface area contributed by atoms with Crippen LogP contribution in [0.3, 0.4) is 0 Å². The van der Waals surface area contributed by atoms with Crippen molar-refractivity contribution in [1.82, 2.24) is 9.88 Å². The predicted octanol–water partition coefficient (Wildman–Crippen LogP) is 4.43. The Bertz CT molecular complexity index is 1400. The van der Waals surface area contributed by atoms with Gasteiger partial charge in [-0.1, -0.05) is 24.3 Å². The summed E-state index contributed by atoms with van der Waals surface area (Å²) >= 11 is 6.44. The largest absolute Gasteiger partial charge is 0.490 e. The maximum absolute atomic E-state index is 13.4. The van der Waals surface area contributed by atoms with Crippen LogP contribution in [0.1, 0.15) is 42.1 Å². The van der Waals surface area contributed by atoms with Gasteiger partial charge in [-0.15, -0.1) is 11.6 Å². The number of carbonyl (C=O) groups excluding carboxylic acids is 1. The zero-order valence-electron chi connectivity index (χ0n) is 20.3.